The van der Waals surface area contributed by atoms with E-state index in [0.717, 1.165) is 12.1 Å². The molecule has 2 N–H and O–H groups in total. The van der Waals surface area contributed by atoms with Crippen molar-refractivity contribution >= 4 is 0 Å². The summed E-state index contributed by atoms with van der Waals surface area (Å²) in [5.74, 6) is 1.29. The zero-order valence-electron chi connectivity index (χ0n) is 10.8. The highest BCUT2D eigenvalue weighted by Crippen LogP contribution is 2.26. The molecule has 0 fully saturated rings. The van der Waals surface area contributed by atoms with Gasteiger partial charge in [0.2, 0.25) is 5.89 Å². The monoisotopic (exact) mass is 263 g/mol. The molecule has 0 radical (unpaired) electrons. The smallest absolute Gasteiger partial charge is 0.227 e. The summed E-state index contributed by atoms with van der Waals surface area (Å²) >= 11 is 0. The average molecular weight is 263 g/mol. The molecular weight excluding hydrogens is 246 g/mol. The lowest BCUT2D eigenvalue weighted by Gasteiger charge is -2.08. The van der Waals surface area contributed by atoms with E-state index >= 15 is 0 Å². The van der Waals surface area contributed by atoms with Crippen LogP contribution in [-0.2, 0) is 13.0 Å². The third-order valence-corrected chi connectivity index (χ3v) is 2.58. The maximum atomic E-state index is 9.59. The molecule has 0 saturated heterocycles. The third kappa shape index (κ3) is 3.96. The van der Waals surface area contributed by atoms with E-state index in [2.05, 4.69) is 15.5 Å². The highest BCUT2D eigenvalue weighted by atomic mass is 16.5. The van der Waals surface area contributed by atoms with Gasteiger partial charge in [0.1, 0.15) is 0 Å². The number of phenols is 1. The maximum absolute atomic E-state index is 9.59. The van der Waals surface area contributed by atoms with Crippen LogP contribution < -0.4 is 10.1 Å². The Morgan fingerprint density at radius 3 is 3.05 bits per heavy atom. The minimum absolute atomic E-state index is 0.163. The van der Waals surface area contributed by atoms with Crippen LogP contribution in [0, 0.1) is 0 Å². The Balaban J connectivity index is 1.80. The van der Waals surface area contributed by atoms with Crippen molar-refractivity contribution in [2.75, 3.05) is 13.2 Å². The Bertz CT molecular complexity index is 500. The van der Waals surface area contributed by atoms with Crippen LogP contribution in [0.2, 0.25) is 0 Å². The maximum Gasteiger partial charge on any atom is 0.227 e. The summed E-state index contributed by atoms with van der Waals surface area (Å²) < 4.78 is 10.2. The molecule has 0 bridgehead atoms. The van der Waals surface area contributed by atoms with Gasteiger partial charge in [-0.3, -0.25) is 0 Å². The zero-order valence-corrected chi connectivity index (χ0v) is 10.8. The van der Waals surface area contributed by atoms with Gasteiger partial charge in [0.15, 0.2) is 17.8 Å². The number of hydrogen-bond donors (Lipinski definition) is 2. The number of aromatic nitrogens is 2. The highest BCUT2D eigenvalue weighted by Gasteiger charge is 2.04. The van der Waals surface area contributed by atoms with Crippen molar-refractivity contribution in [1.82, 2.24) is 15.5 Å². The van der Waals surface area contributed by atoms with Crippen LogP contribution in [0.3, 0.4) is 0 Å². The van der Waals surface area contributed by atoms with Crippen molar-refractivity contribution in [2.24, 2.45) is 0 Å². The second-order valence-electron chi connectivity index (χ2n) is 4.00. The Hall–Kier alpha value is -2.08. The fourth-order valence-corrected chi connectivity index (χ4v) is 1.67. The Morgan fingerprint density at radius 2 is 2.32 bits per heavy atom. The van der Waals surface area contributed by atoms with Crippen molar-refractivity contribution < 1.29 is 14.4 Å². The van der Waals surface area contributed by atoms with Crippen molar-refractivity contribution in [3.63, 3.8) is 0 Å². The van der Waals surface area contributed by atoms with Gasteiger partial charge in [0.25, 0.3) is 0 Å². The van der Waals surface area contributed by atoms with Crippen LogP contribution in [0.15, 0.2) is 29.0 Å². The molecule has 0 aliphatic rings. The molecule has 0 atom stereocenters. The van der Waals surface area contributed by atoms with Gasteiger partial charge in [-0.1, -0.05) is 11.2 Å². The first-order valence-electron chi connectivity index (χ1n) is 6.20. The van der Waals surface area contributed by atoms with Gasteiger partial charge in [0.05, 0.1) is 6.61 Å². The Kier molecular flexibility index (Phi) is 4.74. The number of phenolic OH excluding ortho intramolecular Hbond substituents is 1. The summed E-state index contributed by atoms with van der Waals surface area (Å²) in [6.45, 7) is 3.85. The minimum atomic E-state index is 0.163. The molecule has 0 aliphatic heterocycles. The second kappa shape index (κ2) is 6.75. The van der Waals surface area contributed by atoms with E-state index < -0.39 is 0 Å². The molecule has 0 unspecified atom stereocenters. The molecule has 2 rings (SSSR count). The number of nitrogens with one attached hydrogen (secondary N) is 1. The molecule has 1 aromatic heterocycles. The number of benzene rings is 1. The Labute approximate surface area is 111 Å². The zero-order chi connectivity index (χ0) is 13.5. The first-order valence-corrected chi connectivity index (χ1v) is 6.20. The lowest BCUT2D eigenvalue weighted by Crippen LogP contribution is -2.16. The molecule has 1 aromatic carbocycles. The fourth-order valence-electron chi connectivity index (χ4n) is 1.67. The van der Waals surface area contributed by atoms with Crippen molar-refractivity contribution in [3.8, 4) is 11.5 Å². The number of aromatic hydroxyl groups is 1. The van der Waals surface area contributed by atoms with Crippen molar-refractivity contribution in [1.29, 1.82) is 0 Å². The fraction of sp³-hybridized carbons (Fsp3) is 0.385. The van der Waals surface area contributed by atoms with E-state index in [1.54, 1.807) is 6.07 Å². The molecule has 102 valence electrons. The van der Waals surface area contributed by atoms with E-state index in [9.17, 15) is 5.11 Å². The van der Waals surface area contributed by atoms with Gasteiger partial charge >= 0.3 is 0 Å². The summed E-state index contributed by atoms with van der Waals surface area (Å²) in [5.41, 5.74) is 1.05. The number of rotatable bonds is 7. The second-order valence-corrected chi connectivity index (χ2v) is 4.00. The van der Waals surface area contributed by atoms with Crippen molar-refractivity contribution in [3.05, 3.63) is 36.0 Å². The van der Waals surface area contributed by atoms with E-state index in [1.165, 1.54) is 6.33 Å². The molecular formula is C13H17N3O3. The molecule has 0 saturated carbocycles. The summed E-state index contributed by atoms with van der Waals surface area (Å²) in [6.07, 6.45) is 2.08. The van der Waals surface area contributed by atoms with Gasteiger partial charge in [0, 0.05) is 19.5 Å². The van der Waals surface area contributed by atoms with E-state index in [0.29, 0.717) is 31.2 Å². The van der Waals surface area contributed by atoms with E-state index in [1.807, 2.05) is 19.1 Å². The number of hydrogen-bond acceptors (Lipinski definition) is 6. The van der Waals surface area contributed by atoms with Crippen LogP contribution in [0.4, 0.5) is 0 Å². The van der Waals surface area contributed by atoms with Gasteiger partial charge < -0.3 is 19.7 Å². The van der Waals surface area contributed by atoms with Crippen LogP contribution in [-0.4, -0.2) is 28.4 Å². The molecule has 19 heavy (non-hydrogen) atoms. The predicted octanol–water partition coefficient (Wildman–Crippen LogP) is 1.51. The summed E-state index contributed by atoms with van der Waals surface area (Å²) in [6, 6.07) is 5.33. The Morgan fingerprint density at radius 1 is 1.42 bits per heavy atom. The summed E-state index contributed by atoms with van der Waals surface area (Å²) in [5, 5.41) is 16.4. The SMILES string of the molecule is CCOc1cc(CNCCc2ncno2)ccc1O. The van der Waals surface area contributed by atoms with Crippen LogP contribution in [0.25, 0.3) is 0 Å². The first kappa shape index (κ1) is 13.4. The molecule has 0 amide bonds. The van der Waals surface area contributed by atoms with Crippen molar-refractivity contribution in [2.45, 2.75) is 19.9 Å². The average Bonchev–Trinajstić information content (AvgIpc) is 2.92. The predicted molar refractivity (Wildman–Crippen MR) is 69.0 cm³/mol. The van der Waals surface area contributed by atoms with E-state index in [-0.39, 0.29) is 5.75 Å². The number of ether oxygens (including phenoxy) is 1. The number of nitrogens with zero attached hydrogens (tertiary/aromatic N) is 2. The van der Waals surface area contributed by atoms with Gasteiger partial charge in [-0.25, -0.2) is 0 Å². The van der Waals surface area contributed by atoms with Gasteiger partial charge in [-0.05, 0) is 24.6 Å². The van der Waals surface area contributed by atoms with Crippen LogP contribution >= 0.6 is 0 Å². The van der Waals surface area contributed by atoms with Gasteiger partial charge in [-0.15, -0.1) is 0 Å². The molecule has 0 spiro atoms. The summed E-state index contributed by atoms with van der Waals surface area (Å²) in [7, 11) is 0. The lowest BCUT2D eigenvalue weighted by molar-refractivity contribution is 0.317. The quantitative estimate of drug-likeness (QED) is 0.737. The van der Waals surface area contributed by atoms with E-state index in [4.69, 9.17) is 9.26 Å². The molecule has 6 heteroatoms. The topological polar surface area (TPSA) is 80.4 Å². The van der Waals surface area contributed by atoms with Gasteiger partial charge in [-0.2, -0.15) is 4.98 Å². The molecule has 0 aliphatic carbocycles. The molecule has 6 nitrogen and oxygen atoms in total. The first-order chi connectivity index (χ1) is 9.29. The molecule has 2 aromatic rings. The van der Waals surface area contributed by atoms with Crippen LogP contribution in [0.1, 0.15) is 18.4 Å². The highest BCUT2D eigenvalue weighted by molar-refractivity contribution is 5.41. The normalized spacial score (nSPS) is 10.6. The largest absolute Gasteiger partial charge is 0.504 e. The van der Waals surface area contributed by atoms with Crippen LogP contribution in [0.5, 0.6) is 11.5 Å². The lowest BCUT2D eigenvalue weighted by atomic mass is 10.2. The third-order valence-electron chi connectivity index (χ3n) is 2.58. The summed E-state index contributed by atoms with van der Waals surface area (Å²) in [4.78, 5) is 3.94. The minimum Gasteiger partial charge on any atom is -0.504 e. The standard InChI is InChI=1S/C13H17N3O3/c1-2-18-12-7-10(3-4-11(12)17)8-14-6-5-13-15-9-16-19-13/h3-4,7,9,14,17H,2,5-6,8H2,1H3. The molecule has 1 heterocycles.